The number of para-hydroxylation sites is 2. The van der Waals surface area contributed by atoms with Crippen molar-refractivity contribution in [3.63, 3.8) is 0 Å². The summed E-state index contributed by atoms with van der Waals surface area (Å²) in [6.45, 7) is 4.11. The topological polar surface area (TPSA) is 32.3 Å². The molecule has 0 bridgehead atoms. The molecule has 0 saturated carbocycles. The number of benzene rings is 2. The zero-order valence-corrected chi connectivity index (χ0v) is 10.1. The molecule has 2 nitrogen and oxygen atoms in total. The van der Waals surface area contributed by atoms with Crippen LogP contribution in [0.1, 0.15) is 24.1 Å². The molecule has 0 heterocycles. The molecule has 0 saturated heterocycles. The first-order chi connectivity index (χ1) is 8.18. The van der Waals surface area contributed by atoms with E-state index in [4.69, 9.17) is 0 Å². The van der Waals surface area contributed by atoms with Crippen molar-refractivity contribution in [3.8, 4) is 5.75 Å². The van der Waals surface area contributed by atoms with E-state index in [-0.39, 0.29) is 6.04 Å². The van der Waals surface area contributed by atoms with Gasteiger partial charge in [0.2, 0.25) is 0 Å². The summed E-state index contributed by atoms with van der Waals surface area (Å²) in [5.74, 6) is 0.334. The molecule has 1 unspecified atom stereocenters. The molecule has 2 heteroatoms. The molecule has 0 radical (unpaired) electrons. The molecular weight excluding hydrogens is 210 g/mol. The van der Waals surface area contributed by atoms with Crippen LogP contribution in [0, 0.1) is 6.92 Å². The van der Waals surface area contributed by atoms with Crippen molar-refractivity contribution in [1.82, 2.24) is 0 Å². The molecule has 1 atom stereocenters. The number of rotatable bonds is 3. The fraction of sp³-hybridized carbons (Fsp3) is 0.200. The first-order valence-corrected chi connectivity index (χ1v) is 5.78. The van der Waals surface area contributed by atoms with E-state index in [1.807, 2.05) is 43.3 Å². The Morgan fingerprint density at radius 3 is 2.35 bits per heavy atom. The number of anilines is 1. The fourth-order valence-electron chi connectivity index (χ4n) is 1.90. The zero-order chi connectivity index (χ0) is 12.3. The molecule has 0 aliphatic heterocycles. The summed E-state index contributed by atoms with van der Waals surface area (Å²) < 4.78 is 0. The molecule has 2 rings (SSSR count). The minimum absolute atomic E-state index is 0.0808. The molecular formula is C15H17NO. The molecule has 2 aromatic carbocycles. The minimum Gasteiger partial charge on any atom is -0.508 e. The van der Waals surface area contributed by atoms with Gasteiger partial charge < -0.3 is 10.4 Å². The van der Waals surface area contributed by atoms with Crippen LogP contribution >= 0.6 is 0 Å². The van der Waals surface area contributed by atoms with Crippen LogP contribution in [0.3, 0.4) is 0 Å². The molecule has 88 valence electrons. The summed E-state index contributed by atoms with van der Waals surface area (Å²) in [5.41, 5.74) is 3.22. The van der Waals surface area contributed by atoms with Crippen LogP contribution < -0.4 is 5.32 Å². The van der Waals surface area contributed by atoms with Crippen LogP contribution in [0.5, 0.6) is 5.75 Å². The first kappa shape index (κ1) is 11.5. The van der Waals surface area contributed by atoms with Gasteiger partial charge in [-0.15, -0.1) is 0 Å². The van der Waals surface area contributed by atoms with Crippen LogP contribution in [0.4, 0.5) is 5.69 Å². The molecule has 2 aromatic rings. The first-order valence-electron chi connectivity index (χ1n) is 5.78. The third-order valence-electron chi connectivity index (χ3n) is 2.92. The number of phenolic OH excluding ortho intramolecular Hbond substituents is 1. The molecule has 0 spiro atoms. The Kier molecular flexibility index (Phi) is 3.33. The highest BCUT2D eigenvalue weighted by Gasteiger charge is 2.09. The van der Waals surface area contributed by atoms with E-state index >= 15 is 0 Å². The lowest BCUT2D eigenvalue weighted by Crippen LogP contribution is -2.07. The van der Waals surface area contributed by atoms with E-state index in [2.05, 4.69) is 18.3 Å². The van der Waals surface area contributed by atoms with Gasteiger partial charge in [-0.3, -0.25) is 0 Å². The maximum Gasteiger partial charge on any atom is 0.120 e. The lowest BCUT2D eigenvalue weighted by atomic mass is 10.1. The summed E-state index contributed by atoms with van der Waals surface area (Å²) in [5, 5.41) is 13.2. The van der Waals surface area contributed by atoms with Crippen LogP contribution in [0.25, 0.3) is 0 Å². The maximum atomic E-state index is 9.79. The van der Waals surface area contributed by atoms with Gasteiger partial charge in [-0.1, -0.05) is 36.4 Å². The highest BCUT2D eigenvalue weighted by atomic mass is 16.3. The molecule has 0 aliphatic rings. The number of nitrogens with one attached hydrogen (secondary N) is 1. The lowest BCUT2D eigenvalue weighted by molar-refractivity contribution is 0.465. The highest BCUT2D eigenvalue weighted by Crippen LogP contribution is 2.27. The minimum atomic E-state index is 0.0808. The van der Waals surface area contributed by atoms with Gasteiger partial charge in [-0.05, 0) is 31.5 Å². The summed E-state index contributed by atoms with van der Waals surface area (Å²) in [6.07, 6.45) is 0. The van der Waals surface area contributed by atoms with Crippen molar-refractivity contribution < 1.29 is 5.11 Å². The Labute approximate surface area is 102 Å². The lowest BCUT2D eigenvalue weighted by Gasteiger charge is -2.18. The summed E-state index contributed by atoms with van der Waals surface area (Å²) in [4.78, 5) is 0. The fourth-order valence-corrected chi connectivity index (χ4v) is 1.90. The average Bonchev–Trinajstić information content (AvgIpc) is 2.32. The summed E-state index contributed by atoms with van der Waals surface area (Å²) >= 11 is 0. The van der Waals surface area contributed by atoms with Gasteiger partial charge in [0.25, 0.3) is 0 Å². The average molecular weight is 227 g/mol. The number of aryl methyl sites for hydroxylation is 1. The Morgan fingerprint density at radius 2 is 1.65 bits per heavy atom. The van der Waals surface area contributed by atoms with Gasteiger partial charge in [0, 0.05) is 11.3 Å². The largest absolute Gasteiger partial charge is 0.508 e. The van der Waals surface area contributed by atoms with E-state index in [1.165, 1.54) is 5.56 Å². The van der Waals surface area contributed by atoms with E-state index in [0.717, 1.165) is 11.3 Å². The second-order valence-corrected chi connectivity index (χ2v) is 4.24. The maximum absolute atomic E-state index is 9.79. The second-order valence-electron chi connectivity index (χ2n) is 4.24. The third kappa shape index (κ3) is 2.59. The summed E-state index contributed by atoms with van der Waals surface area (Å²) in [7, 11) is 0. The molecule has 0 aliphatic carbocycles. The predicted octanol–water partition coefficient (Wildman–Crippen LogP) is 3.87. The van der Waals surface area contributed by atoms with Crippen molar-refractivity contribution in [2.24, 2.45) is 0 Å². The SMILES string of the molecule is Cc1ccccc1NC(C)c1ccccc1O. The Balaban J connectivity index is 2.20. The van der Waals surface area contributed by atoms with Gasteiger partial charge in [-0.2, -0.15) is 0 Å². The number of phenols is 1. The monoisotopic (exact) mass is 227 g/mol. The number of aromatic hydroxyl groups is 1. The van der Waals surface area contributed by atoms with Gasteiger partial charge in [-0.25, -0.2) is 0 Å². The van der Waals surface area contributed by atoms with Gasteiger partial charge >= 0.3 is 0 Å². The van der Waals surface area contributed by atoms with Crippen molar-refractivity contribution in [2.45, 2.75) is 19.9 Å². The molecule has 2 N–H and O–H groups in total. The van der Waals surface area contributed by atoms with Gasteiger partial charge in [0.15, 0.2) is 0 Å². The normalized spacial score (nSPS) is 12.1. The van der Waals surface area contributed by atoms with E-state index in [1.54, 1.807) is 6.07 Å². The molecule has 17 heavy (non-hydrogen) atoms. The van der Waals surface area contributed by atoms with Crippen molar-refractivity contribution in [3.05, 3.63) is 59.7 Å². The van der Waals surface area contributed by atoms with Crippen molar-refractivity contribution in [1.29, 1.82) is 0 Å². The summed E-state index contributed by atoms with van der Waals surface area (Å²) in [6, 6.07) is 15.6. The predicted molar refractivity (Wildman–Crippen MR) is 71.3 cm³/mol. The third-order valence-corrected chi connectivity index (χ3v) is 2.92. The van der Waals surface area contributed by atoms with Gasteiger partial charge in [0.1, 0.15) is 5.75 Å². The zero-order valence-electron chi connectivity index (χ0n) is 10.1. The Morgan fingerprint density at radius 1 is 1.00 bits per heavy atom. The molecule has 0 fully saturated rings. The van der Waals surface area contributed by atoms with Crippen LogP contribution in [0.2, 0.25) is 0 Å². The number of hydrogen-bond donors (Lipinski definition) is 2. The van der Waals surface area contributed by atoms with E-state index in [9.17, 15) is 5.11 Å². The van der Waals surface area contributed by atoms with Crippen LogP contribution in [-0.2, 0) is 0 Å². The highest BCUT2D eigenvalue weighted by molar-refractivity contribution is 5.52. The number of hydrogen-bond acceptors (Lipinski definition) is 2. The van der Waals surface area contributed by atoms with Crippen LogP contribution in [0.15, 0.2) is 48.5 Å². The Hall–Kier alpha value is -1.96. The standard InChI is InChI=1S/C15H17NO/c1-11-7-3-5-9-14(11)16-12(2)13-8-4-6-10-15(13)17/h3-10,12,16-17H,1-2H3. The smallest absolute Gasteiger partial charge is 0.120 e. The van der Waals surface area contributed by atoms with E-state index in [0.29, 0.717) is 5.75 Å². The van der Waals surface area contributed by atoms with Gasteiger partial charge in [0.05, 0.1) is 6.04 Å². The molecule has 0 aromatic heterocycles. The molecule has 0 amide bonds. The Bertz CT molecular complexity index is 508. The van der Waals surface area contributed by atoms with Crippen molar-refractivity contribution in [2.75, 3.05) is 5.32 Å². The van der Waals surface area contributed by atoms with Crippen LogP contribution in [-0.4, -0.2) is 5.11 Å². The second kappa shape index (κ2) is 4.91. The van der Waals surface area contributed by atoms with Crippen molar-refractivity contribution >= 4 is 5.69 Å². The quantitative estimate of drug-likeness (QED) is 0.834. The van der Waals surface area contributed by atoms with E-state index < -0.39 is 0 Å².